The minimum atomic E-state index is 0.189. The van der Waals surface area contributed by atoms with Gasteiger partial charge in [-0.05, 0) is 55.5 Å². The first-order valence-corrected chi connectivity index (χ1v) is 7.36. The molecule has 0 spiro atoms. The van der Waals surface area contributed by atoms with Gasteiger partial charge in [-0.2, -0.15) is 0 Å². The van der Waals surface area contributed by atoms with Crippen LogP contribution in [-0.4, -0.2) is 24.5 Å². The summed E-state index contributed by atoms with van der Waals surface area (Å²) >= 11 is 0. The van der Waals surface area contributed by atoms with Gasteiger partial charge in [0.2, 0.25) is 0 Å². The molecule has 0 radical (unpaired) electrons. The molecule has 108 valence electrons. The number of benzene rings is 1. The average molecular weight is 262 g/mol. The summed E-state index contributed by atoms with van der Waals surface area (Å²) in [5.74, 6) is 0. The Morgan fingerprint density at radius 2 is 1.84 bits per heavy atom. The Morgan fingerprint density at radius 1 is 1.16 bits per heavy atom. The number of nitrogens with two attached hydrogens (primary N) is 1. The number of nitrogens with zero attached hydrogens (tertiary/aromatic N) is 1. The molecule has 0 unspecified atom stereocenters. The van der Waals surface area contributed by atoms with E-state index in [1.165, 1.54) is 23.1 Å². The highest BCUT2D eigenvalue weighted by molar-refractivity contribution is 5.29. The summed E-state index contributed by atoms with van der Waals surface area (Å²) in [7, 11) is 0. The first kappa shape index (κ1) is 16.2. The van der Waals surface area contributed by atoms with Gasteiger partial charge in [0.25, 0.3) is 0 Å². The lowest BCUT2D eigenvalue weighted by molar-refractivity contribution is 0.176. The Hall–Kier alpha value is -0.860. The summed E-state index contributed by atoms with van der Waals surface area (Å²) in [6, 6.07) is 6.79. The maximum absolute atomic E-state index is 5.86. The van der Waals surface area contributed by atoms with Gasteiger partial charge in [-0.3, -0.25) is 4.90 Å². The zero-order valence-electron chi connectivity index (χ0n) is 13.3. The standard InChI is InChI=1S/C17H30N2/c1-6-9-19(13-17(4,5)12-18)11-16-8-7-14(2)15(3)10-16/h7-8,10H,6,9,11-13,18H2,1-5H3. The van der Waals surface area contributed by atoms with E-state index in [0.29, 0.717) is 0 Å². The molecule has 1 rings (SSSR count). The Bertz CT molecular complexity index is 396. The van der Waals surface area contributed by atoms with Crippen LogP contribution in [0.5, 0.6) is 0 Å². The second-order valence-electron chi connectivity index (χ2n) is 6.50. The molecule has 1 aromatic rings. The van der Waals surface area contributed by atoms with Gasteiger partial charge in [-0.25, -0.2) is 0 Å². The highest BCUT2D eigenvalue weighted by Crippen LogP contribution is 2.18. The normalized spacial score (nSPS) is 12.2. The van der Waals surface area contributed by atoms with E-state index in [-0.39, 0.29) is 5.41 Å². The Balaban J connectivity index is 2.74. The van der Waals surface area contributed by atoms with Crippen LogP contribution in [0.1, 0.15) is 43.9 Å². The molecule has 0 aliphatic heterocycles. The van der Waals surface area contributed by atoms with Crippen LogP contribution >= 0.6 is 0 Å². The van der Waals surface area contributed by atoms with Gasteiger partial charge in [-0.15, -0.1) is 0 Å². The molecular formula is C17H30N2. The van der Waals surface area contributed by atoms with Crippen molar-refractivity contribution in [1.82, 2.24) is 4.90 Å². The molecule has 0 atom stereocenters. The van der Waals surface area contributed by atoms with Gasteiger partial charge in [0.1, 0.15) is 0 Å². The quantitative estimate of drug-likeness (QED) is 0.815. The van der Waals surface area contributed by atoms with Gasteiger partial charge < -0.3 is 5.73 Å². The Labute approximate surface area is 119 Å². The topological polar surface area (TPSA) is 29.3 Å². The number of hydrogen-bond acceptors (Lipinski definition) is 2. The van der Waals surface area contributed by atoms with Crippen molar-refractivity contribution < 1.29 is 0 Å². The van der Waals surface area contributed by atoms with Crippen molar-refractivity contribution in [1.29, 1.82) is 0 Å². The summed E-state index contributed by atoms with van der Waals surface area (Å²) in [6.45, 7) is 15.0. The van der Waals surface area contributed by atoms with Crippen LogP contribution in [0, 0.1) is 19.3 Å². The van der Waals surface area contributed by atoms with Gasteiger partial charge in [0.05, 0.1) is 0 Å². The maximum Gasteiger partial charge on any atom is 0.0234 e. The van der Waals surface area contributed by atoms with Crippen LogP contribution in [-0.2, 0) is 6.54 Å². The fourth-order valence-electron chi connectivity index (χ4n) is 2.36. The zero-order chi connectivity index (χ0) is 14.5. The van der Waals surface area contributed by atoms with E-state index >= 15 is 0 Å². The molecule has 0 saturated carbocycles. The lowest BCUT2D eigenvalue weighted by Gasteiger charge is -2.31. The van der Waals surface area contributed by atoms with E-state index in [0.717, 1.165) is 26.2 Å². The first-order valence-electron chi connectivity index (χ1n) is 7.36. The van der Waals surface area contributed by atoms with Crippen LogP contribution < -0.4 is 5.73 Å². The van der Waals surface area contributed by atoms with Gasteiger partial charge >= 0.3 is 0 Å². The third kappa shape index (κ3) is 5.33. The van der Waals surface area contributed by atoms with Gasteiger partial charge in [0.15, 0.2) is 0 Å². The van der Waals surface area contributed by atoms with Crippen molar-refractivity contribution in [2.24, 2.45) is 11.1 Å². The first-order chi connectivity index (χ1) is 8.88. The molecule has 2 nitrogen and oxygen atoms in total. The third-order valence-corrected chi connectivity index (χ3v) is 3.72. The van der Waals surface area contributed by atoms with E-state index in [1.54, 1.807) is 0 Å². The highest BCUT2D eigenvalue weighted by atomic mass is 15.1. The summed E-state index contributed by atoms with van der Waals surface area (Å²) in [5, 5.41) is 0. The average Bonchev–Trinajstić information content (AvgIpc) is 2.34. The smallest absolute Gasteiger partial charge is 0.0234 e. The van der Waals surface area contributed by atoms with E-state index < -0.39 is 0 Å². The molecule has 0 aliphatic rings. The summed E-state index contributed by atoms with van der Waals surface area (Å²) in [5.41, 5.74) is 10.2. The second-order valence-corrected chi connectivity index (χ2v) is 6.50. The largest absolute Gasteiger partial charge is 0.330 e. The van der Waals surface area contributed by atoms with Gasteiger partial charge in [0, 0.05) is 13.1 Å². The van der Waals surface area contributed by atoms with E-state index in [1.807, 2.05) is 0 Å². The van der Waals surface area contributed by atoms with Crippen LogP contribution in [0.15, 0.2) is 18.2 Å². The number of rotatable bonds is 7. The summed E-state index contributed by atoms with van der Waals surface area (Å²) in [6.07, 6.45) is 1.19. The van der Waals surface area contributed by atoms with Crippen molar-refractivity contribution in [3.8, 4) is 0 Å². The van der Waals surface area contributed by atoms with Crippen LogP contribution in [0.4, 0.5) is 0 Å². The van der Waals surface area contributed by atoms with E-state index in [2.05, 4.69) is 57.7 Å². The highest BCUT2D eigenvalue weighted by Gasteiger charge is 2.19. The van der Waals surface area contributed by atoms with Crippen LogP contribution in [0.2, 0.25) is 0 Å². The molecule has 0 amide bonds. The second kappa shape index (κ2) is 7.06. The molecule has 0 aromatic heterocycles. The predicted molar refractivity (Wildman–Crippen MR) is 84.3 cm³/mol. The van der Waals surface area contributed by atoms with Crippen molar-refractivity contribution in [3.63, 3.8) is 0 Å². The molecule has 2 N–H and O–H groups in total. The SMILES string of the molecule is CCCN(Cc1ccc(C)c(C)c1)CC(C)(C)CN. The molecule has 0 heterocycles. The van der Waals surface area contributed by atoms with Crippen molar-refractivity contribution in [2.45, 2.75) is 47.6 Å². The molecule has 0 bridgehead atoms. The van der Waals surface area contributed by atoms with Crippen molar-refractivity contribution >= 4 is 0 Å². The molecule has 0 fully saturated rings. The van der Waals surface area contributed by atoms with Gasteiger partial charge in [-0.1, -0.05) is 39.0 Å². The molecule has 2 heteroatoms. The molecular weight excluding hydrogens is 232 g/mol. The molecule has 0 saturated heterocycles. The molecule has 1 aromatic carbocycles. The minimum Gasteiger partial charge on any atom is -0.330 e. The lowest BCUT2D eigenvalue weighted by Crippen LogP contribution is -2.38. The fourth-order valence-corrected chi connectivity index (χ4v) is 2.36. The third-order valence-electron chi connectivity index (χ3n) is 3.72. The number of hydrogen-bond donors (Lipinski definition) is 1. The minimum absolute atomic E-state index is 0.189. The fraction of sp³-hybridized carbons (Fsp3) is 0.647. The van der Waals surface area contributed by atoms with E-state index in [9.17, 15) is 0 Å². The van der Waals surface area contributed by atoms with Crippen LogP contribution in [0.3, 0.4) is 0 Å². The Kier molecular flexibility index (Phi) is 6.02. The van der Waals surface area contributed by atoms with Crippen LogP contribution in [0.25, 0.3) is 0 Å². The maximum atomic E-state index is 5.86. The molecule has 0 aliphatic carbocycles. The molecule has 19 heavy (non-hydrogen) atoms. The van der Waals surface area contributed by atoms with E-state index in [4.69, 9.17) is 5.73 Å². The Morgan fingerprint density at radius 3 is 2.37 bits per heavy atom. The summed E-state index contributed by atoms with van der Waals surface area (Å²) in [4.78, 5) is 2.52. The van der Waals surface area contributed by atoms with Crippen molar-refractivity contribution in [3.05, 3.63) is 34.9 Å². The predicted octanol–water partition coefficient (Wildman–Crippen LogP) is 3.50. The number of aryl methyl sites for hydroxylation is 2. The van der Waals surface area contributed by atoms with Crippen molar-refractivity contribution in [2.75, 3.05) is 19.6 Å². The zero-order valence-corrected chi connectivity index (χ0v) is 13.3. The lowest BCUT2D eigenvalue weighted by atomic mass is 9.92. The summed E-state index contributed by atoms with van der Waals surface area (Å²) < 4.78 is 0. The monoisotopic (exact) mass is 262 g/mol.